The summed E-state index contributed by atoms with van der Waals surface area (Å²) in [6.45, 7) is 3.00. The molecular weight excluding hydrogens is 386 g/mol. The number of rotatable bonds is 4. The van der Waals surface area contributed by atoms with E-state index >= 15 is 0 Å². The number of nitrogens with two attached hydrogens (primary N) is 1. The van der Waals surface area contributed by atoms with Gasteiger partial charge in [-0.25, -0.2) is 8.42 Å². The van der Waals surface area contributed by atoms with Crippen LogP contribution >= 0.6 is 12.4 Å². The highest BCUT2D eigenvalue weighted by molar-refractivity contribution is 7.92. The predicted molar refractivity (Wildman–Crippen MR) is 109 cm³/mol. The SMILES string of the molecule is Cc1ccc(S(=O)(=O)Nc2ccccc2C(=O)N2CCCC(N)C2)cc1.Cl. The smallest absolute Gasteiger partial charge is 0.261 e. The summed E-state index contributed by atoms with van der Waals surface area (Å²) < 4.78 is 27.9. The molecule has 1 aliphatic heterocycles. The van der Waals surface area contributed by atoms with Crippen molar-refractivity contribution in [2.75, 3.05) is 17.8 Å². The van der Waals surface area contributed by atoms with Crippen LogP contribution in [0.4, 0.5) is 5.69 Å². The average Bonchev–Trinajstić information content (AvgIpc) is 2.62. The third kappa shape index (κ3) is 5.00. The molecule has 1 fully saturated rings. The summed E-state index contributed by atoms with van der Waals surface area (Å²) in [5.74, 6) is -0.206. The van der Waals surface area contributed by atoms with E-state index in [1.54, 1.807) is 53.4 Å². The standard InChI is InChI=1S/C19H23N3O3S.ClH/c1-14-8-10-16(11-9-14)26(24,25)21-18-7-3-2-6-17(18)19(23)22-12-4-5-15(20)13-22;/h2-3,6-11,15,21H,4-5,12-13,20H2,1H3;1H. The Bertz CT molecular complexity index is 901. The zero-order valence-corrected chi connectivity index (χ0v) is 16.7. The highest BCUT2D eigenvalue weighted by atomic mass is 35.5. The maximum absolute atomic E-state index is 12.9. The Kier molecular flexibility index (Phi) is 6.86. The maximum Gasteiger partial charge on any atom is 0.261 e. The number of halogens is 1. The van der Waals surface area contributed by atoms with E-state index in [9.17, 15) is 13.2 Å². The molecule has 1 unspecified atom stereocenters. The highest BCUT2D eigenvalue weighted by Crippen LogP contribution is 2.23. The third-order valence-electron chi connectivity index (χ3n) is 4.48. The summed E-state index contributed by atoms with van der Waals surface area (Å²) in [6.07, 6.45) is 1.75. The molecule has 0 radical (unpaired) electrons. The lowest BCUT2D eigenvalue weighted by molar-refractivity contribution is 0.0710. The van der Waals surface area contributed by atoms with Gasteiger partial charge in [0, 0.05) is 19.1 Å². The van der Waals surface area contributed by atoms with Crippen LogP contribution in [-0.2, 0) is 10.0 Å². The maximum atomic E-state index is 12.9. The number of carbonyl (C=O) groups excluding carboxylic acids is 1. The predicted octanol–water partition coefficient (Wildman–Crippen LogP) is 2.78. The number of carbonyl (C=O) groups is 1. The Morgan fingerprint density at radius 2 is 1.81 bits per heavy atom. The molecule has 8 heteroatoms. The topological polar surface area (TPSA) is 92.5 Å². The first-order chi connectivity index (χ1) is 12.4. The van der Waals surface area contributed by atoms with Gasteiger partial charge in [-0.15, -0.1) is 12.4 Å². The first kappa shape index (κ1) is 21.2. The fourth-order valence-electron chi connectivity index (χ4n) is 3.04. The molecule has 1 saturated heterocycles. The van der Waals surface area contributed by atoms with E-state index in [0.717, 1.165) is 18.4 Å². The van der Waals surface area contributed by atoms with Crippen LogP contribution in [0.1, 0.15) is 28.8 Å². The Balaban J connectivity index is 0.00000261. The van der Waals surface area contributed by atoms with Gasteiger partial charge >= 0.3 is 0 Å². The van der Waals surface area contributed by atoms with Gasteiger partial charge in [-0.2, -0.15) is 0 Å². The van der Waals surface area contributed by atoms with Crippen LogP contribution in [0, 0.1) is 6.92 Å². The van der Waals surface area contributed by atoms with Crippen molar-refractivity contribution in [3.05, 3.63) is 59.7 Å². The minimum absolute atomic E-state index is 0. The molecular formula is C19H24ClN3O3S. The van der Waals surface area contributed by atoms with Crippen molar-refractivity contribution < 1.29 is 13.2 Å². The summed E-state index contributed by atoms with van der Waals surface area (Å²) in [7, 11) is -3.77. The molecule has 3 N–H and O–H groups in total. The number of benzene rings is 2. The normalized spacial score (nSPS) is 17.1. The Hall–Kier alpha value is -2.09. The molecule has 0 spiro atoms. The number of sulfonamides is 1. The van der Waals surface area contributed by atoms with Crippen molar-refractivity contribution in [1.82, 2.24) is 4.90 Å². The molecule has 3 rings (SSSR count). The van der Waals surface area contributed by atoms with E-state index in [1.807, 2.05) is 6.92 Å². The van der Waals surface area contributed by atoms with Gasteiger partial charge < -0.3 is 10.6 Å². The van der Waals surface area contributed by atoms with Crippen LogP contribution in [0.5, 0.6) is 0 Å². The molecule has 6 nitrogen and oxygen atoms in total. The second-order valence-corrected chi connectivity index (χ2v) is 8.30. The molecule has 2 aromatic rings. The van der Waals surface area contributed by atoms with Crippen LogP contribution in [0.15, 0.2) is 53.4 Å². The lowest BCUT2D eigenvalue weighted by Crippen LogP contribution is -2.45. The lowest BCUT2D eigenvalue weighted by atomic mass is 10.0. The molecule has 146 valence electrons. The fourth-order valence-corrected chi connectivity index (χ4v) is 4.12. The Morgan fingerprint density at radius 3 is 2.48 bits per heavy atom. The van der Waals surface area contributed by atoms with E-state index < -0.39 is 10.0 Å². The number of likely N-dealkylation sites (tertiary alicyclic amines) is 1. The summed E-state index contributed by atoms with van der Waals surface area (Å²) in [6, 6.07) is 13.2. The van der Waals surface area contributed by atoms with Gasteiger partial charge in [-0.3, -0.25) is 9.52 Å². The number of piperidine rings is 1. The molecule has 0 saturated carbocycles. The quantitative estimate of drug-likeness (QED) is 0.812. The number of hydrogen-bond donors (Lipinski definition) is 2. The first-order valence-electron chi connectivity index (χ1n) is 8.60. The first-order valence-corrected chi connectivity index (χ1v) is 10.1. The van der Waals surface area contributed by atoms with Crippen LogP contribution in [0.3, 0.4) is 0 Å². The van der Waals surface area contributed by atoms with Crippen LogP contribution in [0.2, 0.25) is 0 Å². The van der Waals surface area contributed by atoms with E-state index in [-0.39, 0.29) is 34.9 Å². The van der Waals surface area contributed by atoms with Crippen LogP contribution in [-0.4, -0.2) is 38.4 Å². The Labute approximate surface area is 166 Å². The monoisotopic (exact) mass is 409 g/mol. The van der Waals surface area contributed by atoms with Gasteiger partial charge in [0.1, 0.15) is 0 Å². The van der Waals surface area contributed by atoms with Gasteiger partial charge in [-0.1, -0.05) is 29.8 Å². The van der Waals surface area contributed by atoms with Crippen molar-refractivity contribution in [1.29, 1.82) is 0 Å². The third-order valence-corrected chi connectivity index (χ3v) is 5.86. The van der Waals surface area contributed by atoms with E-state index in [4.69, 9.17) is 5.73 Å². The largest absolute Gasteiger partial charge is 0.337 e. The summed E-state index contributed by atoms with van der Waals surface area (Å²) in [5, 5.41) is 0. The number of hydrogen-bond acceptors (Lipinski definition) is 4. The van der Waals surface area contributed by atoms with Crippen molar-refractivity contribution in [2.24, 2.45) is 5.73 Å². The zero-order valence-electron chi connectivity index (χ0n) is 15.1. The molecule has 1 heterocycles. The van der Waals surface area contributed by atoms with Crippen molar-refractivity contribution in [2.45, 2.75) is 30.7 Å². The minimum atomic E-state index is -3.77. The second kappa shape index (κ2) is 8.73. The Morgan fingerprint density at radius 1 is 1.15 bits per heavy atom. The van der Waals surface area contributed by atoms with Gasteiger partial charge in [0.25, 0.3) is 15.9 Å². The van der Waals surface area contributed by atoms with Gasteiger partial charge in [0.05, 0.1) is 16.1 Å². The second-order valence-electron chi connectivity index (χ2n) is 6.62. The van der Waals surface area contributed by atoms with Crippen LogP contribution in [0.25, 0.3) is 0 Å². The van der Waals surface area contributed by atoms with Crippen molar-refractivity contribution in [3.63, 3.8) is 0 Å². The number of anilines is 1. The van der Waals surface area contributed by atoms with E-state index in [2.05, 4.69) is 4.72 Å². The van der Waals surface area contributed by atoms with E-state index in [1.165, 1.54) is 0 Å². The highest BCUT2D eigenvalue weighted by Gasteiger charge is 2.25. The number of nitrogens with zero attached hydrogens (tertiary/aromatic N) is 1. The number of nitrogens with one attached hydrogen (secondary N) is 1. The molecule has 0 bridgehead atoms. The molecule has 1 amide bonds. The summed E-state index contributed by atoms with van der Waals surface area (Å²) in [4.78, 5) is 14.7. The molecule has 2 aromatic carbocycles. The molecule has 1 atom stereocenters. The number of amides is 1. The van der Waals surface area contributed by atoms with Gasteiger partial charge in [0.2, 0.25) is 0 Å². The molecule has 0 aromatic heterocycles. The molecule has 1 aliphatic rings. The van der Waals surface area contributed by atoms with Gasteiger partial charge in [-0.05, 0) is 44.0 Å². The minimum Gasteiger partial charge on any atom is -0.337 e. The summed E-state index contributed by atoms with van der Waals surface area (Å²) >= 11 is 0. The van der Waals surface area contributed by atoms with E-state index in [0.29, 0.717) is 18.7 Å². The fraction of sp³-hybridized carbons (Fsp3) is 0.316. The summed E-state index contributed by atoms with van der Waals surface area (Å²) in [5.41, 5.74) is 7.54. The number of para-hydroxylation sites is 1. The molecule has 0 aliphatic carbocycles. The van der Waals surface area contributed by atoms with Crippen LogP contribution < -0.4 is 10.5 Å². The van der Waals surface area contributed by atoms with Crippen molar-refractivity contribution >= 4 is 34.0 Å². The molecule has 27 heavy (non-hydrogen) atoms. The zero-order chi connectivity index (χ0) is 18.7. The number of aryl methyl sites for hydroxylation is 1. The van der Waals surface area contributed by atoms with Gasteiger partial charge in [0.15, 0.2) is 0 Å². The lowest BCUT2D eigenvalue weighted by Gasteiger charge is -2.31. The van der Waals surface area contributed by atoms with Crippen molar-refractivity contribution in [3.8, 4) is 0 Å². The average molecular weight is 410 g/mol.